The van der Waals surface area contributed by atoms with E-state index >= 15 is 0 Å². The van der Waals surface area contributed by atoms with Crippen LogP contribution in [0.5, 0.6) is 0 Å². The largest absolute Gasteiger partial charge is 1.00 e. The fraction of sp³-hybridized carbons (Fsp3) is 0.946. The molecule has 1 unspecified atom stereocenters. The van der Waals surface area contributed by atoms with E-state index in [0.717, 1.165) is 83.5 Å². The number of hydrogen-bond donors (Lipinski definition) is 4. The number of aliphatic hydroxyl groups excluding tert-OH is 3. The zero-order valence-electron chi connectivity index (χ0n) is 39.9. The number of nitrogens with two attached hydrogens (primary N) is 1. The van der Waals surface area contributed by atoms with E-state index < -0.39 is 91.3 Å². The number of aliphatic hydroxyl groups is 3. The smallest absolute Gasteiger partial charge is 0.790 e. The van der Waals surface area contributed by atoms with E-state index in [1.165, 1.54) is 44.9 Å². The predicted molar refractivity (Wildman–Crippen MR) is 208 cm³/mol. The van der Waals surface area contributed by atoms with Crippen LogP contribution in [0.25, 0.3) is 0 Å². The molecule has 0 bridgehead atoms. The molecular weight excluding hydrogens is 970 g/mol. The van der Waals surface area contributed by atoms with E-state index in [1.807, 2.05) is 0 Å². The Kier molecular flexibility index (Phi) is 54.6. The monoisotopic (exact) mass is 1040 g/mol. The third-order valence-electron chi connectivity index (χ3n) is 9.99. The summed E-state index contributed by atoms with van der Waals surface area (Å²) in [6.45, 7) is 1.24. The molecule has 1 rings (SSSR count). The number of unbranched alkanes of at least 4 members (excludes halogenated alkanes) is 20. The second-order valence-corrected chi connectivity index (χ2v) is 18.9. The first-order valence-corrected chi connectivity index (χ1v) is 25.8. The van der Waals surface area contributed by atoms with E-state index in [2.05, 4.69) is 20.5 Å². The van der Waals surface area contributed by atoms with Gasteiger partial charge in [-0.1, -0.05) is 129 Å². The number of carbonyl (C=O) groups excluding carboxylic acids is 2. The van der Waals surface area contributed by atoms with Crippen molar-refractivity contribution < 1.29 is 238 Å². The summed E-state index contributed by atoms with van der Waals surface area (Å²) in [4.78, 5) is 83.1. The summed E-state index contributed by atoms with van der Waals surface area (Å²) in [6, 6.07) is 0. The third-order valence-corrected chi connectivity index (χ3v) is 12.0. The van der Waals surface area contributed by atoms with Crippen LogP contribution in [0.15, 0.2) is 0 Å². The minimum atomic E-state index is -6.15. The molecule has 8 atom stereocenters. The Morgan fingerprint density at radius 1 is 0.508 bits per heavy atom. The fourth-order valence-electron chi connectivity index (χ4n) is 6.75. The van der Waals surface area contributed by atoms with Crippen LogP contribution in [0.1, 0.15) is 161 Å². The molecule has 0 aromatic heterocycles. The molecule has 0 radical (unpaired) electrons. The van der Waals surface area contributed by atoms with Crippen LogP contribution in [0.3, 0.4) is 0 Å². The predicted octanol–water partition coefficient (Wildman–Crippen LogP) is -12.8. The second kappa shape index (κ2) is 45.5. The molecule has 28 heteroatoms. The minimum absolute atomic E-state index is 0. The van der Waals surface area contributed by atoms with Crippen molar-refractivity contribution >= 4 is 35.4 Å². The molecule has 0 aliphatic heterocycles. The summed E-state index contributed by atoms with van der Waals surface area (Å²) < 4.78 is 63.5. The van der Waals surface area contributed by atoms with Crippen molar-refractivity contribution in [3.8, 4) is 0 Å². The van der Waals surface area contributed by atoms with Gasteiger partial charge in [-0.15, -0.1) is 0 Å². The van der Waals surface area contributed by atoms with Crippen LogP contribution >= 0.6 is 23.5 Å². The number of hydrogen-bond acceptors (Lipinski definition) is 20. The second-order valence-electron chi connectivity index (χ2n) is 15.3. The first-order valence-electron chi connectivity index (χ1n) is 21.4. The van der Waals surface area contributed by atoms with Gasteiger partial charge >= 0.3 is 160 Å². The number of phosphoric ester groups is 3. The van der Waals surface area contributed by atoms with Crippen molar-refractivity contribution in [2.75, 3.05) is 19.8 Å². The molecule has 0 heterocycles. The Morgan fingerprint density at radius 3 is 1.26 bits per heavy atom. The van der Waals surface area contributed by atoms with Crippen LogP contribution in [0, 0.1) is 0 Å². The number of carbonyl (C=O) groups is 2. The molecule has 0 spiro atoms. The van der Waals surface area contributed by atoms with Crippen molar-refractivity contribution in [3.05, 3.63) is 0 Å². The molecule has 356 valence electrons. The van der Waals surface area contributed by atoms with Crippen molar-refractivity contribution in [1.82, 2.24) is 0 Å². The average Bonchev–Trinajstić information content (AvgIpc) is 3.16. The Bertz CT molecular complexity index is 1330. The quantitative estimate of drug-likeness (QED) is 0.0194. The van der Waals surface area contributed by atoms with E-state index in [1.54, 1.807) is 0 Å². The van der Waals surface area contributed by atoms with E-state index in [4.69, 9.17) is 19.7 Å². The van der Waals surface area contributed by atoms with Crippen LogP contribution in [-0.4, -0.2) is 89.7 Å². The Labute approximate surface area is 496 Å². The molecular formula is C37H69NNa5O19P3. The maximum atomic E-state index is 12.9. The molecule has 5 N–H and O–H groups in total. The third kappa shape index (κ3) is 41.1. The summed E-state index contributed by atoms with van der Waals surface area (Å²) >= 11 is 0. The topological polar surface area (TPSA) is 343 Å². The van der Waals surface area contributed by atoms with Crippen LogP contribution in [0.4, 0.5) is 0 Å². The van der Waals surface area contributed by atoms with E-state index in [9.17, 15) is 63.1 Å². The first-order chi connectivity index (χ1) is 28.3. The van der Waals surface area contributed by atoms with Crippen LogP contribution < -0.4 is 178 Å². The zero-order valence-corrected chi connectivity index (χ0v) is 52.6. The Morgan fingerprint density at radius 2 is 0.862 bits per heavy atom. The van der Waals surface area contributed by atoms with Gasteiger partial charge in [-0.3, -0.25) is 14.2 Å². The van der Waals surface area contributed by atoms with Gasteiger partial charge in [-0.25, -0.2) is 0 Å². The molecule has 65 heavy (non-hydrogen) atoms. The summed E-state index contributed by atoms with van der Waals surface area (Å²) in [7, 11) is -18.0. The van der Waals surface area contributed by atoms with Gasteiger partial charge in [-0.2, -0.15) is 0 Å². The molecule has 1 saturated carbocycles. The normalized spacial score (nSPS) is 20.9. The molecule has 0 amide bonds. The Hall–Kier alpha value is 4.11. The van der Waals surface area contributed by atoms with Crippen molar-refractivity contribution in [2.24, 2.45) is 5.73 Å². The molecule has 0 aromatic rings. The summed E-state index contributed by atoms with van der Waals surface area (Å²) in [5, 5.41) is 31.4. The zero-order chi connectivity index (χ0) is 45.0. The molecule has 1 aliphatic carbocycles. The number of phosphoric acid groups is 3. The molecule has 0 aromatic carbocycles. The van der Waals surface area contributed by atoms with Crippen molar-refractivity contribution in [2.45, 2.75) is 204 Å². The average molecular weight is 1040 g/mol. The molecule has 1 aliphatic rings. The van der Waals surface area contributed by atoms with Gasteiger partial charge in [0.2, 0.25) is 0 Å². The van der Waals surface area contributed by atoms with Gasteiger partial charge in [0.1, 0.15) is 43.2 Å². The summed E-state index contributed by atoms with van der Waals surface area (Å²) in [5.41, 5.74) is 5.51. The van der Waals surface area contributed by atoms with Gasteiger partial charge in [0.25, 0.3) is 7.82 Å². The van der Waals surface area contributed by atoms with E-state index in [0.29, 0.717) is 19.4 Å². The molecule has 0 saturated heterocycles. The van der Waals surface area contributed by atoms with Crippen molar-refractivity contribution in [1.29, 1.82) is 0 Å². The number of esters is 2. The standard InChI is InChI=1S/C37H74NO19P3.5Na/c1-2-3-4-5-6-7-8-9-10-12-16-19-22-25-31(40)54-29(27-52-30(39)24-21-18-15-13-11-14-17-20-23-26-38)28-53-60(50,51)57-35-32(41)33(42)36(55-58(44,45)46)37(34(35)43)56-59(47,48)49;;;;;/h29,32-37,41-43H,2-28,38H2,1H3,(H,50,51)(H2,44,45,46)(H2,47,48,49);;;;;/q;5*+1/p-5/t29-,32-,33+,34+,35-,36-,37-;;;;;/m1...../s1. The van der Waals surface area contributed by atoms with Gasteiger partial charge < -0.3 is 82.2 Å². The Balaban J connectivity index is -0.00000240. The summed E-state index contributed by atoms with van der Waals surface area (Å²) in [6.07, 6.45) is 5.23. The van der Waals surface area contributed by atoms with Crippen molar-refractivity contribution in [3.63, 3.8) is 0 Å². The molecule has 1 fully saturated rings. The number of ether oxygens (including phenoxy) is 2. The minimum Gasteiger partial charge on any atom is -0.790 e. The van der Waals surface area contributed by atoms with E-state index in [-0.39, 0.29) is 161 Å². The summed E-state index contributed by atoms with van der Waals surface area (Å²) in [5.74, 6) is -1.38. The van der Waals surface area contributed by atoms with Crippen LogP contribution in [-0.2, 0) is 50.9 Å². The molecule has 20 nitrogen and oxygen atoms in total. The maximum Gasteiger partial charge on any atom is 1.00 e. The van der Waals surface area contributed by atoms with Crippen LogP contribution in [0.2, 0.25) is 0 Å². The SMILES string of the molecule is CCCCCCCCCCCCCCCC(=O)O[C@H](COC(=O)CCCCCCCCCCCN)COP(=O)([O-])O[C@@H]1[C@H](O)[C@H](O)[C@@H](OP(=O)([O-])[O-])[C@H](OP(=O)([O-])[O-])[C@H]1O.[Na+].[Na+].[Na+].[Na+].[Na+]. The van der Waals surface area contributed by atoms with Gasteiger partial charge in [0.05, 0.1) is 22.3 Å². The van der Waals surface area contributed by atoms with Gasteiger partial charge in [0.15, 0.2) is 6.10 Å². The van der Waals surface area contributed by atoms with Gasteiger partial charge in [-0.05, 0) is 25.8 Å². The first kappa shape index (κ1) is 78.0. The maximum absolute atomic E-state index is 12.9. The fourth-order valence-corrected chi connectivity index (χ4v) is 8.79. The number of rotatable bonds is 37. The van der Waals surface area contributed by atoms with Gasteiger partial charge in [0, 0.05) is 12.8 Å².